The van der Waals surface area contributed by atoms with E-state index in [4.69, 9.17) is 22.3 Å². The van der Waals surface area contributed by atoms with Crippen LogP contribution >= 0.6 is 11.3 Å². The Labute approximate surface area is 215 Å². The van der Waals surface area contributed by atoms with Crippen molar-refractivity contribution in [1.82, 2.24) is 9.80 Å². The first-order valence-corrected chi connectivity index (χ1v) is 14.1. The number of thiophene rings is 1. The summed E-state index contributed by atoms with van der Waals surface area (Å²) in [4.78, 5) is 19.2. The molecule has 0 bridgehead atoms. The van der Waals surface area contributed by atoms with Crippen molar-refractivity contribution in [3.05, 3.63) is 59.0 Å². The summed E-state index contributed by atoms with van der Waals surface area (Å²) in [5, 5.41) is 3.56. The highest BCUT2D eigenvalue weighted by Gasteiger charge is 2.22. The number of nitrogens with zero attached hydrogens (tertiary/aromatic N) is 3. The van der Waals surface area contributed by atoms with Crippen LogP contribution in [0.3, 0.4) is 0 Å². The molecule has 194 valence electrons. The molecule has 1 fully saturated rings. The minimum absolute atomic E-state index is 0.0997. The van der Waals surface area contributed by atoms with Crippen LogP contribution in [0, 0.1) is 0 Å². The van der Waals surface area contributed by atoms with Crippen LogP contribution in [0.15, 0.2) is 47.8 Å². The van der Waals surface area contributed by atoms with E-state index in [2.05, 4.69) is 39.4 Å². The van der Waals surface area contributed by atoms with E-state index in [-0.39, 0.29) is 5.91 Å². The van der Waals surface area contributed by atoms with Crippen LogP contribution in [0.2, 0.25) is 0 Å². The summed E-state index contributed by atoms with van der Waals surface area (Å²) >= 11 is 1.81. The molecule has 0 spiro atoms. The van der Waals surface area contributed by atoms with Crippen molar-refractivity contribution in [3.63, 3.8) is 0 Å². The zero-order valence-corrected chi connectivity index (χ0v) is 21.8. The third-order valence-corrected chi connectivity index (χ3v) is 7.33. The van der Waals surface area contributed by atoms with Gasteiger partial charge in [-0.15, -0.1) is 11.3 Å². The molecule has 9 nitrogen and oxygen atoms in total. The van der Waals surface area contributed by atoms with Gasteiger partial charge in [0, 0.05) is 67.7 Å². The van der Waals surface area contributed by atoms with Crippen molar-refractivity contribution in [1.29, 1.82) is 0 Å². The molecule has 11 heteroatoms. The van der Waals surface area contributed by atoms with Crippen LogP contribution in [-0.4, -0.2) is 86.2 Å². The number of hydrogen-bond acceptors (Lipinski definition) is 7. The van der Waals surface area contributed by atoms with Crippen LogP contribution in [0.1, 0.15) is 22.3 Å². The van der Waals surface area contributed by atoms with E-state index in [0.717, 1.165) is 69.0 Å². The normalized spacial score (nSPS) is 16.5. The SMILES string of the molecule is CN1CCc2ccc(OCCCN3CCN(c4cccc5sccc45)CC3)cc2C1=O.O=S(=O)(O)O. The molecule has 3 heterocycles. The van der Waals surface area contributed by atoms with Crippen LogP contribution in [0.4, 0.5) is 5.69 Å². The van der Waals surface area contributed by atoms with Crippen LogP contribution in [0.25, 0.3) is 10.1 Å². The second-order valence-electron chi connectivity index (χ2n) is 8.88. The summed E-state index contributed by atoms with van der Waals surface area (Å²) in [5.41, 5.74) is 3.30. The number of piperazine rings is 1. The van der Waals surface area contributed by atoms with Gasteiger partial charge in [0.1, 0.15) is 5.75 Å². The summed E-state index contributed by atoms with van der Waals surface area (Å²) in [5.74, 6) is 0.902. The summed E-state index contributed by atoms with van der Waals surface area (Å²) in [7, 11) is -2.81. The summed E-state index contributed by atoms with van der Waals surface area (Å²) in [6.45, 7) is 6.81. The lowest BCUT2D eigenvalue weighted by molar-refractivity contribution is 0.0780. The monoisotopic (exact) mass is 533 g/mol. The molecule has 36 heavy (non-hydrogen) atoms. The molecule has 1 aromatic heterocycles. The van der Waals surface area contributed by atoms with E-state index in [1.165, 1.54) is 15.8 Å². The van der Waals surface area contributed by atoms with Gasteiger partial charge in [-0.2, -0.15) is 8.42 Å². The Morgan fingerprint density at radius 2 is 1.78 bits per heavy atom. The first kappa shape index (κ1) is 26.4. The molecule has 0 saturated carbocycles. The molecule has 3 aromatic rings. The maximum atomic E-state index is 12.4. The van der Waals surface area contributed by atoms with Crippen LogP contribution in [0.5, 0.6) is 5.75 Å². The topological polar surface area (TPSA) is 111 Å². The molecular weight excluding hydrogens is 502 g/mol. The van der Waals surface area contributed by atoms with Gasteiger partial charge in [-0.25, -0.2) is 0 Å². The van der Waals surface area contributed by atoms with Gasteiger partial charge in [0.05, 0.1) is 6.61 Å². The van der Waals surface area contributed by atoms with E-state index in [0.29, 0.717) is 6.61 Å². The van der Waals surface area contributed by atoms with Crippen molar-refractivity contribution < 1.29 is 27.1 Å². The second-order valence-corrected chi connectivity index (χ2v) is 10.7. The largest absolute Gasteiger partial charge is 0.494 e. The third-order valence-electron chi connectivity index (χ3n) is 6.45. The number of amides is 1. The Balaban J connectivity index is 0.000000556. The van der Waals surface area contributed by atoms with E-state index < -0.39 is 10.4 Å². The number of anilines is 1. The van der Waals surface area contributed by atoms with Crippen molar-refractivity contribution in [2.24, 2.45) is 0 Å². The van der Waals surface area contributed by atoms with Gasteiger partial charge < -0.3 is 14.5 Å². The standard InChI is InChI=1S/C25H29N3O2S.H2O4S/c1-26-11-8-19-6-7-20(18-22(19)25(26)29)30-16-3-10-27-12-14-28(15-13-27)23-4-2-5-24-21(23)9-17-31-24;1-5(2,3)4/h2,4-7,9,17-18H,3,8,10-16H2,1H3;(H2,1,2,3,4). The molecule has 0 aliphatic carbocycles. The lowest BCUT2D eigenvalue weighted by atomic mass is 9.99. The van der Waals surface area contributed by atoms with Crippen molar-refractivity contribution in [2.75, 3.05) is 57.8 Å². The first-order valence-electron chi connectivity index (χ1n) is 11.8. The molecule has 0 radical (unpaired) electrons. The lowest BCUT2D eigenvalue weighted by Gasteiger charge is -2.36. The van der Waals surface area contributed by atoms with Crippen molar-refractivity contribution in [3.8, 4) is 5.75 Å². The average molecular weight is 534 g/mol. The van der Waals surface area contributed by atoms with Gasteiger partial charge in [-0.1, -0.05) is 12.1 Å². The Hall–Kier alpha value is -2.70. The van der Waals surface area contributed by atoms with Crippen LogP contribution < -0.4 is 9.64 Å². The summed E-state index contributed by atoms with van der Waals surface area (Å²) in [6, 6.07) is 14.8. The molecule has 2 N–H and O–H groups in total. The highest BCUT2D eigenvalue weighted by molar-refractivity contribution is 7.79. The molecule has 2 aliphatic heterocycles. The minimum Gasteiger partial charge on any atom is -0.494 e. The molecule has 0 unspecified atom stereocenters. The van der Waals surface area contributed by atoms with E-state index in [9.17, 15) is 4.79 Å². The number of ether oxygens (including phenoxy) is 1. The molecule has 2 aliphatic rings. The van der Waals surface area contributed by atoms with E-state index in [1.54, 1.807) is 4.90 Å². The first-order chi connectivity index (χ1) is 17.2. The fourth-order valence-electron chi connectivity index (χ4n) is 4.60. The number of carbonyl (C=O) groups excluding carboxylic acids is 1. The van der Waals surface area contributed by atoms with Crippen molar-refractivity contribution in [2.45, 2.75) is 12.8 Å². The summed E-state index contributed by atoms with van der Waals surface area (Å²) < 4.78 is 38.9. The molecular formula is C25H31N3O6S2. The number of hydrogen-bond donors (Lipinski definition) is 2. The average Bonchev–Trinajstić information content (AvgIpc) is 3.33. The molecule has 1 amide bonds. The zero-order valence-electron chi connectivity index (χ0n) is 20.2. The van der Waals surface area contributed by atoms with Gasteiger partial charge in [-0.3, -0.25) is 18.8 Å². The summed E-state index contributed by atoms with van der Waals surface area (Å²) in [6.07, 6.45) is 1.91. The highest BCUT2D eigenvalue weighted by atomic mass is 32.3. The van der Waals surface area contributed by atoms with Crippen LogP contribution in [-0.2, 0) is 16.8 Å². The number of carbonyl (C=O) groups is 1. The quantitative estimate of drug-likeness (QED) is 0.366. The maximum absolute atomic E-state index is 12.4. The molecule has 0 atom stereocenters. The number of benzene rings is 2. The van der Waals surface area contributed by atoms with E-state index >= 15 is 0 Å². The van der Waals surface area contributed by atoms with Crippen molar-refractivity contribution >= 4 is 43.4 Å². The van der Waals surface area contributed by atoms with Gasteiger partial charge in [-0.05, 0) is 54.1 Å². The van der Waals surface area contributed by atoms with Gasteiger partial charge in [0.15, 0.2) is 0 Å². The van der Waals surface area contributed by atoms with E-state index in [1.807, 2.05) is 36.6 Å². The second kappa shape index (κ2) is 11.6. The smallest absolute Gasteiger partial charge is 0.394 e. The fourth-order valence-corrected chi connectivity index (χ4v) is 5.41. The molecule has 5 rings (SSSR count). The fraction of sp³-hybridized carbons (Fsp3) is 0.400. The molecule has 1 saturated heterocycles. The Kier molecular flexibility index (Phi) is 8.47. The van der Waals surface area contributed by atoms with Gasteiger partial charge in [0.2, 0.25) is 0 Å². The van der Waals surface area contributed by atoms with Gasteiger partial charge >= 0.3 is 10.4 Å². The number of likely N-dealkylation sites (N-methyl/N-ethyl adjacent to an activating group) is 1. The third kappa shape index (κ3) is 6.95. The Bertz CT molecular complexity index is 1290. The number of fused-ring (bicyclic) bond motifs is 2. The predicted octanol–water partition coefficient (Wildman–Crippen LogP) is 3.47. The predicted molar refractivity (Wildman–Crippen MR) is 142 cm³/mol. The maximum Gasteiger partial charge on any atom is 0.394 e. The molecule has 2 aromatic carbocycles. The number of rotatable bonds is 6. The minimum atomic E-state index is -4.67. The zero-order chi connectivity index (χ0) is 25.7. The Morgan fingerprint density at radius 3 is 2.53 bits per heavy atom. The highest BCUT2D eigenvalue weighted by Crippen LogP contribution is 2.31. The lowest BCUT2D eigenvalue weighted by Crippen LogP contribution is -2.46. The Morgan fingerprint density at radius 1 is 1.03 bits per heavy atom. The van der Waals surface area contributed by atoms with Gasteiger partial charge in [0.25, 0.3) is 5.91 Å².